The lowest BCUT2D eigenvalue weighted by Gasteiger charge is -2.26. The lowest BCUT2D eigenvalue weighted by Crippen LogP contribution is -2.28. The lowest BCUT2D eigenvalue weighted by molar-refractivity contribution is 0.0697. The van der Waals surface area contributed by atoms with E-state index in [2.05, 4.69) is 18.7 Å². The Kier molecular flexibility index (Phi) is 4.37. The number of aromatic carboxylic acids is 1. The third-order valence-corrected chi connectivity index (χ3v) is 2.59. The van der Waals surface area contributed by atoms with Gasteiger partial charge in [-0.15, -0.1) is 0 Å². The summed E-state index contributed by atoms with van der Waals surface area (Å²) in [4.78, 5) is 13.0. The summed E-state index contributed by atoms with van der Waals surface area (Å²) in [7, 11) is 0. The van der Waals surface area contributed by atoms with Crippen LogP contribution in [0.15, 0.2) is 18.2 Å². The Morgan fingerprint density at radius 2 is 2.12 bits per heavy atom. The summed E-state index contributed by atoms with van der Waals surface area (Å²) in [5.74, 6) is -0.422. The summed E-state index contributed by atoms with van der Waals surface area (Å²) in [6.45, 7) is 7.96. The van der Waals surface area contributed by atoms with Crippen molar-refractivity contribution in [3.63, 3.8) is 0 Å². The van der Waals surface area contributed by atoms with Crippen molar-refractivity contribution in [2.45, 2.75) is 20.8 Å². The van der Waals surface area contributed by atoms with Crippen LogP contribution in [0.25, 0.3) is 0 Å². The van der Waals surface area contributed by atoms with Crippen LogP contribution in [-0.4, -0.2) is 24.2 Å². The molecule has 0 aliphatic carbocycles. The van der Waals surface area contributed by atoms with Crippen molar-refractivity contribution in [2.75, 3.05) is 23.7 Å². The van der Waals surface area contributed by atoms with Crippen molar-refractivity contribution < 1.29 is 9.90 Å². The molecule has 3 N–H and O–H groups in total. The van der Waals surface area contributed by atoms with Gasteiger partial charge in [0.25, 0.3) is 0 Å². The van der Waals surface area contributed by atoms with E-state index in [-0.39, 0.29) is 5.56 Å². The molecule has 0 aliphatic heterocycles. The van der Waals surface area contributed by atoms with Gasteiger partial charge in [-0.3, -0.25) is 0 Å². The Morgan fingerprint density at radius 1 is 1.47 bits per heavy atom. The Labute approximate surface area is 102 Å². The summed E-state index contributed by atoms with van der Waals surface area (Å²) in [5, 5.41) is 8.98. The summed E-state index contributed by atoms with van der Waals surface area (Å²) in [6, 6.07) is 4.83. The average molecular weight is 236 g/mol. The number of rotatable bonds is 5. The van der Waals surface area contributed by atoms with Gasteiger partial charge in [-0.25, -0.2) is 4.79 Å². The molecule has 0 spiro atoms. The predicted molar refractivity (Wildman–Crippen MR) is 70.5 cm³/mol. The van der Waals surface area contributed by atoms with Gasteiger partial charge in [0.1, 0.15) is 0 Å². The highest BCUT2D eigenvalue weighted by Crippen LogP contribution is 2.25. The van der Waals surface area contributed by atoms with Crippen LogP contribution in [0.5, 0.6) is 0 Å². The number of carboxylic acid groups (broad SMARTS) is 1. The number of benzene rings is 1. The molecule has 0 aliphatic rings. The van der Waals surface area contributed by atoms with Crippen molar-refractivity contribution >= 4 is 17.3 Å². The highest BCUT2D eigenvalue weighted by atomic mass is 16.4. The molecular formula is C13H20N2O2. The van der Waals surface area contributed by atoms with Gasteiger partial charge < -0.3 is 15.7 Å². The first-order valence-electron chi connectivity index (χ1n) is 5.83. The molecule has 1 aromatic rings. The molecule has 0 amide bonds. The van der Waals surface area contributed by atoms with E-state index in [0.717, 1.165) is 18.8 Å². The molecular weight excluding hydrogens is 216 g/mol. The zero-order valence-corrected chi connectivity index (χ0v) is 10.6. The van der Waals surface area contributed by atoms with Gasteiger partial charge in [0.2, 0.25) is 0 Å². The smallest absolute Gasteiger partial charge is 0.335 e. The zero-order valence-electron chi connectivity index (χ0n) is 10.6. The average Bonchev–Trinajstić information content (AvgIpc) is 2.26. The topological polar surface area (TPSA) is 66.6 Å². The van der Waals surface area contributed by atoms with Crippen molar-refractivity contribution in [3.05, 3.63) is 23.8 Å². The van der Waals surface area contributed by atoms with E-state index in [0.29, 0.717) is 11.6 Å². The van der Waals surface area contributed by atoms with E-state index in [1.54, 1.807) is 12.1 Å². The maximum atomic E-state index is 10.9. The number of hydrogen-bond donors (Lipinski definition) is 2. The lowest BCUT2D eigenvalue weighted by atomic mass is 10.1. The number of nitrogens with two attached hydrogens (primary N) is 1. The van der Waals surface area contributed by atoms with Crippen LogP contribution < -0.4 is 10.6 Å². The molecule has 0 atom stereocenters. The molecule has 0 fully saturated rings. The quantitative estimate of drug-likeness (QED) is 0.771. The molecule has 4 heteroatoms. The van der Waals surface area contributed by atoms with E-state index in [4.69, 9.17) is 10.8 Å². The van der Waals surface area contributed by atoms with Gasteiger partial charge in [0.05, 0.1) is 16.9 Å². The maximum absolute atomic E-state index is 10.9. The molecule has 0 saturated carbocycles. The monoisotopic (exact) mass is 236 g/mol. The van der Waals surface area contributed by atoms with Gasteiger partial charge in [0.15, 0.2) is 0 Å². The maximum Gasteiger partial charge on any atom is 0.335 e. The first-order valence-corrected chi connectivity index (χ1v) is 5.83. The summed E-state index contributed by atoms with van der Waals surface area (Å²) >= 11 is 0. The minimum absolute atomic E-state index is 0.274. The Balaban J connectivity index is 3.08. The second kappa shape index (κ2) is 5.57. The Bertz CT molecular complexity index is 402. The van der Waals surface area contributed by atoms with Crippen LogP contribution in [0.3, 0.4) is 0 Å². The standard InChI is InChI=1S/C13H20N2O2/c1-4-15(8-9(2)3)12-7-10(13(16)17)5-6-11(12)14/h5-7,9H,4,8,14H2,1-3H3,(H,16,17). The molecule has 0 radical (unpaired) electrons. The Morgan fingerprint density at radius 3 is 2.59 bits per heavy atom. The highest BCUT2D eigenvalue weighted by molar-refractivity contribution is 5.90. The number of nitrogens with zero attached hydrogens (tertiary/aromatic N) is 1. The van der Waals surface area contributed by atoms with Crippen molar-refractivity contribution in [3.8, 4) is 0 Å². The molecule has 0 bridgehead atoms. The van der Waals surface area contributed by atoms with Crippen LogP contribution >= 0.6 is 0 Å². The molecule has 0 heterocycles. The first-order chi connectivity index (χ1) is 7.95. The van der Waals surface area contributed by atoms with E-state index in [9.17, 15) is 4.79 Å². The van der Waals surface area contributed by atoms with Gasteiger partial charge in [-0.2, -0.15) is 0 Å². The Hall–Kier alpha value is -1.71. The van der Waals surface area contributed by atoms with E-state index in [1.165, 1.54) is 6.07 Å². The summed E-state index contributed by atoms with van der Waals surface area (Å²) in [6.07, 6.45) is 0. The number of nitrogen functional groups attached to an aromatic ring is 1. The predicted octanol–water partition coefficient (Wildman–Crippen LogP) is 2.45. The molecule has 0 saturated heterocycles. The van der Waals surface area contributed by atoms with Gasteiger partial charge in [0, 0.05) is 13.1 Å². The van der Waals surface area contributed by atoms with Gasteiger partial charge >= 0.3 is 5.97 Å². The zero-order chi connectivity index (χ0) is 13.0. The summed E-state index contributed by atoms with van der Waals surface area (Å²) < 4.78 is 0. The molecule has 94 valence electrons. The van der Waals surface area contributed by atoms with Gasteiger partial charge in [-0.05, 0) is 31.0 Å². The van der Waals surface area contributed by atoms with E-state index in [1.807, 2.05) is 6.92 Å². The van der Waals surface area contributed by atoms with Crippen LogP contribution in [0.2, 0.25) is 0 Å². The first kappa shape index (κ1) is 13.4. The van der Waals surface area contributed by atoms with Crippen LogP contribution in [0, 0.1) is 5.92 Å². The molecule has 1 rings (SSSR count). The second-order valence-electron chi connectivity index (χ2n) is 4.51. The summed E-state index contributed by atoms with van der Waals surface area (Å²) in [5.41, 5.74) is 7.61. The van der Waals surface area contributed by atoms with Crippen LogP contribution in [-0.2, 0) is 0 Å². The molecule has 17 heavy (non-hydrogen) atoms. The third-order valence-electron chi connectivity index (χ3n) is 2.59. The second-order valence-corrected chi connectivity index (χ2v) is 4.51. The normalized spacial score (nSPS) is 10.6. The fourth-order valence-corrected chi connectivity index (χ4v) is 1.79. The largest absolute Gasteiger partial charge is 0.478 e. The van der Waals surface area contributed by atoms with Crippen molar-refractivity contribution in [1.82, 2.24) is 0 Å². The third kappa shape index (κ3) is 3.37. The minimum Gasteiger partial charge on any atom is -0.478 e. The molecule has 0 unspecified atom stereocenters. The van der Waals surface area contributed by atoms with E-state index >= 15 is 0 Å². The number of carboxylic acids is 1. The number of anilines is 2. The molecule has 0 aromatic heterocycles. The van der Waals surface area contributed by atoms with Crippen molar-refractivity contribution in [1.29, 1.82) is 0 Å². The fraction of sp³-hybridized carbons (Fsp3) is 0.462. The van der Waals surface area contributed by atoms with Crippen molar-refractivity contribution in [2.24, 2.45) is 5.92 Å². The number of hydrogen-bond acceptors (Lipinski definition) is 3. The van der Waals surface area contributed by atoms with Crippen LogP contribution in [0.1, 0.15) is 31.1 Å². The number of carbonyl (C=O) groups is 1. The minimum atomic E-state index is -0.924. The fourth-order valence-electron chi connectivity index (χ4n) is 1.79. The highest BCUT2D eigenvalue weighted by Gasteiger charge is 2.12. The SMILES string of the molecule is CCN(CC(C)C)c1cc(C(=O)O)ccc1N. The van der Waals surface area contributed by atoms with Crippen LogP contribution in [0.4, 0.5) is 11.4 Å². The van der Waals surface area contributed by atoms with E-state index < -0.39 is 5.97 Å². The van der Waals surface area contributed by atoms with Gasteiger partial charge in [-0.1, -0.05) is 13.8 Å². The molecule has 1 aromatic carbocycles. The molecule has 4 nitrogen and oxygen atoms in total.